The highest BCUT2D eigenvalue weighted by molar-refractivity contribution is 6.16. The molecule has 2 aromatic carbocycles. The first-order valence-electron chi connectivity index (χ1n) is 12.1. The Morgan fingerprint density at radius 2 is 1.81 bits per heavy atom. The average Bonchev–Trinajstić information content (AvgIpc) is 3.58. The maximum atomic E-state index is 14.4. The maximum absolute atomic E-state index is 14.4. The summed E-state index contributed by atoms with van der Waals surface area (Å²) >= 11 is 0. The highest BCUT2D eigenvalue weighted by atomic mass is 16.2. The van der Waals surface area contributed by atoms with Crippen molar-refractivity contribution < 1.29 is 9.59 Å². The van der Waals surface area contributed by atoms with Crippen LogP contribution in [0.1, 0.15) is 28.8 Å². The molecule has 2 aliphatic rings. The van der Waals surface area contributed by atoms with Crippen LogP contribution in [0.4, 0.5) is 11.5 Å². The van der Waals surface area contributed by atoms with Gasteiger partial charge in [0.25, 0.3) is 0 Å². The first-order chi connectivity index (χ1) is 18.1. The second-order valence-electron chi connectivity index (χ2n) is 9.36. The van der Waals surface area contributed by atoms with E-state index in [4.69, 9.17) is 5.10 Å². The minimum absolute atomic E-state index is 0.00740. The van der Waals surface area contributed by atoms with Crippen molar-refractivity contribution in [2.45, 2.75) is 25.2 Å². The van der Waals surface area contributed by atoms with E-state index in [1.54, 1.807) is 4.68 Å². The van der Waals surface area contributed by atoms with Gasteiger partial charge in [-0.3, -0.25) is 9.59 Å². The number of benzene rings is 2. The van der Waals surface area contributed by atoms with Crippen LogP contribution in [0.5, 0.6) is 0 Å². The molecule has 2 amide bonds. The average molecular weight is 491 g/mol. The first-order valence-corrected chi connectivity index (χ1v) is 12.1. The van der Waals surface area contributed by atoms with Crippen molar-refractivity contribution in [3.8, 4) is 5.82 Å². The number of carbonyl (C=O) groups excluding carboxylic acids is 2. The second-order valence-corrected chi connectivity index (χ2v) is 9.36. The number of hydrogen-bond donors (Lipinski definition) is 2. The lowest BCUT2D eigenvalue weighted by molar-refractivity contribution is -0.126. The first kappa shape index (κ1) is 21.4. The lowest BCUT2D eigenvalue weighted by Crippen LogP contribution is -2.47. The van der Waals surface area contributed by atoms with Gasteiger partial charge in [-0.25, -0.2) is 15.0 Å². The number of hydrogen-bond acceptors (Lipinski definition) is 6. The zero-order chi connectivity index (χ0) is 25.1. The Hall–Kier alpha value is -4.86. The normalized spacial score (nSPS) is 18.4. The molecule has 182 valence electrons. The molecular weight excluding hydrogens is 468 g/mol. The van der Waals surface area contributed by atoms with E-state index in [2.05, 4.69) is 37.4 Å². The third kappa shape index (κ3) is 2.98. The van der Waals surface area contributed by atoms with Gasteiger partial charge in [0.2, 0.25) is 11.8 Å². The van der Waals surface area contributed by atoms with Crippen LogP contribution in [-0.4, -0.2) is 48.1 Å². The standard InChI is InChI=1S/C27H22N8O2/c1-16-21-24(35(33-16)25-22-23(29-14-28-22)30-15-31-25)32-20(36)13-27(21)18-9-5-6-10-19(18)34(26(27)37)12-11-17-7-3-2-4-8-17/h2-10,14-15H,11-13H2,1H3,(H,32,36)(H,28,29,30,31). The Morgan fingerprint density at radius 1 is 1.00 bits per heavy atom. The Labute approximate surface area is 211 Å². The number of fused-ring (bicyclic) bond motifs is 5. The Kier molecular flexibility index (Phi) is 4.53. The Balaban J connectivity index is 1.40. The predicted octanol–water partition coefficient (Wildman–Crippen LogP) is 3.06. The van der Waals surface area contributed by atoms with Crippen molar-refractivity contribution in [2.75, 3.05) is 16.8 Å². The summed E-state index contributed by atoms with van der Waals surface area (Å²) in [5.41, 5.74) is 4.03. The molecule has 1 atom stereocenters. The fourth-order valence-electron chi connectivity index (χ4n) is 5.77. The van der Waals surface area contributed by atoms with Crippen LogP contribution in [0.3, 0.4) is 0 Å². The van der Waals surface area contributed by atoms with E-state index < -0.39 is 5.41 Å². The van der Waals surface area contributed by atoms with E-state index in [0.717, 1.165) is 16.8 Å². The van der Waals surface area contributed by atoms with Crippen molar-refractivity contribution in [3.63, 3.8) is 0 Å². The number of anilines is 2. The lowest BCUT2D eigenvalue weighted by Gasteiger charge is -2.33. The van der Waals surface area contributed by atoms with E-state index >= 15 is 0 Å². The summed E-state index contributed by atoms with van der Waals surface area (Å²) in [5, 5.41) is 7.74. The molecule has 1 unspecified atom stereocenters. The van der Waals surface area contributed by atoms with E-state index in [1.165, 1.54) is 12.7 Å². The molecule has 0 saturated carbocycles. The predicted molar refractivity (Wildman–Crippen MR) is 137 cm³/mol. The fraction of sp³-hybridized carbons (Fsp3) is 0.185. The molecule has 3 aromatic heterocycles. The molecule has 1 spiro atoms. The summed E-state index contributed by atoms with van der Waals surface area (Å²) in [6, 6.07) is 17.8. The van der Waals surface area contributed by atoms with Crippen molar-refractivity contribution in [1.29, 1.82) is 0 Å². The molecule has 0 radical (unpaired) electrons. The smallest absolute Gasteiger partial charge is 0.242 e. The minimum Gasteiger partial charge on any atom is -0.340 e. The number of nitrogens with one attached hydrogen (secondary N) is 2. The quantitative estimate of drug-likeness (QED) is 0.399. The number of aromatic amines is 1. The van der Waals surface area contributed by atoms with Gasteiger partial charge in [0.05, 0.1) is 12.0 Å². The zero-order valence-corrected chi connectivity index (χ0v) is 20.0. The number of imidazole rings is 1. The largest absolute Gasteiger partial charge is 0.340 e. The number of H-pyrrole nitrogens is 1. The summed E-state index contributed by atoms with van der Waals surface area (Å²) in [7, 11) is 0. The van der Waals surface area contributed by atoms with Crippen LogP contribution < -0.4 is 10.2 Å². The SMILES string of the molecule is Cc1nn(-c2ncnc3nc[nH]c23)c2c1C1(CC(=O)N2)C(=O)N(CCc2ccccc2)c2ccccc21. The van der Waals surface area contributed by atoms with Gasteiger partial charge in [-0.1, -0.05) is 48.5 Å². The Morgan fingerprint density at radius 3 is 2.68 bits per heavy atom. The molecule has 0 aliphatic carbocycles. The molecular formula is C27H22N8O2. The number of carbonyl (C=O) groups is 2. The molecule has 5 aromatic rings. The van der Waals surface area contributed by atoms with Crippen LogP contribution in [0, 0.1) is 6.92 Å². The summed E-state index contributed by atoms with van der Waals surface area (Å²) in [4.78, 5) is 45.4. The van der Waals surface area contributed by atoms with E-state index in [0.29, 0.717) is 47.0 Å². The minimum atomic E-state index is -1.17. The monoisotopic (exact) mass is 490 g/mol. The molecule has 2 N–H and O–H groups in total. The summed E-state index contributed by atoms with van der Waals surface area (Å²) in [6.45, 7) is 2.37. The molecule has 0 fully saturated rings. The summed E-state index contributed by atoms with van der Waals surface area (Å²) in [5.74, 6) is 0.523. The molecule has 10 heteroatoms. The number of amides is 2. The van der Waals surface area contributed by atoms with Crippen molar-refractivity contribution in [1.82, 2.24) is 29.7 Å². The highest BCUT2D eigenvalue weighted by Gasteiger charge is 2.57. The van der Waals surface area contributed by atoms with Crippen molar-refractivity contribution in [2.24, 2.45) is 0 Å². The van der Waals surface area contributed by atoms with E-state index in [1.807, 2.05) is 54.3 Å². The van der Waals surface area contributed by atoms with Crippen molar-refractivity contribution >= 4 is 34.5 Å². The molecule has 0 bridgehead atoms. The second kappa shape index (κ2) is 7.82. The number of aryl methyl sites for hydroxylation is 1. The van der Waals surface area contributed by atoms with E-state index in [-0.39, 0.29) is 18.2 Å². The fourth-order valence-corrected chi connectivity index (χ4v) is 5.77. The zero-order valence-electron chi connectivity index (χ0n) is 20.0. The number of para-hydroxylation sites is 1. The van der Waals surface area contributed by atoms with Crippen LogP contribution in [-0.2, 0) is 21.4 Å². The van der Waals surface area contributed by atoms with Gasteiger partial charge in [0, 0.05) is 24.2 Å². The molecule has 7 rings (SSSR count). The summed E-state index contributed by atoms with van der Waals surface area (Å²) in [6.07, 6.45) is 3.65. The Bertz CT molecular complexity index is 1710. The van der Waals surface area contributed by atoms with Crippen LogP contribution >= 0.6 is 0 Å². The van der Waals surface area contributed by atoms with Crippen LogP contribution in [0.2, 0.25) is 0 Å². The van der Waals surface area contributed by atoms with Crippen LogP contribution in [0.25, 0.3) is 17.0 Å². The molecule has 37 heavy (non-hydrogen) atoms. The highest BCUT2D eigenvalue weighted by Crippen LogP contribution is 2.53. The molecule has 10 nitrogen and oxygen atoms in total. The topological polar surface area (TPSA) is 122 Å². The van der Waals surface area contributed by atoms with Gasteiger partial charge in [-0.2, -0.15) is 9.78 Å². The third-order valence-electron chi connectivity index (χ3n) is 7.31. The van der Waals surface area contributed by atoms with Gasteiger partial charge < -0.3 is 15.2 Å². The van der Waals surface area contributed by atoms with E-state index in [9.17, 15) is 9.59 Å². The maximum Gasteiger partial charge on any atom is 0.242 e. The third-order valence-corrected chi connectivity index (χ3v) is 7.31. The molecule has 2 aliphatic heterocycles. The number of nitrogens with zero attached hydrogens (tertiary/aromatic N) is 6. The number of aromatic nitrogens is 6. The van der Waals surface area contributed by atoms with Gasteiger partial charge in [-0.05, 0) is 30.5 Å². The van der Waals surface area contributed by atoms with Gasteiger partial charge in [0.15, 0.2) is 11.5 Å². The van der Waals surface area contributed by atoms with Crippen molar-refractivity contribution in [3.05, 3.63) is 89.6 Å². The van der Waals surface area contributed by atoms with Gasteiger partial charge in [-0.15, -0.1) is 0 Å². The van der Waals surface area contributed by atoms with Crippen LogP contribution in [0.15, 0.2) is 67.3 Å². The lowest BCUT2D eigenvalue weighted by atomic mass is 9.70. The van der Waals surface area contributed by atoms with Gasteiger partial charge in [0.1, 0.15) is 23.1 Å². The summed E-state index contributed by atoms with van der Waals surface area (Å²) < 4.78 is 1.58. The molecule has 0 saturated heterocycles. The number of rotatable bonds is 4. The molecule has 5 heterocycles. The van der Waals surface area contributed by atoms with Gasteiger partial charge >= 0.3 is 0 Å².